The van der Waals surface area contributed by atoms with Crippen LogP contribution in [0.1, 0.15) is 13.8 Å². The van der Waals surface area contributed by atoms with Crippen LogP contribution in [0.5, 0.6) is 0 Å². The number of hydrogen-bond acceptors (Lipinski definition) is 5. The number of nitrogens with two attached hydrogens (primary N) is 1. The first-order valence-electron chi connectivity index (χ1n) is 6.67. The molecule has 1 aromatic heterocycles. The van der Waals surface area contributed by atoms with E-state index in [1.54, 1.807) is 11.3 Å². The molecule has 1 fully saturated rings. The summed E-state index contributed by atoms with van der Waals surface area (Å²) in [7, 11) is 2.20. The Morgan fingerprint density at radius 1 is 1.26 bits per heavy atom. The molecule has 2 N–H and O–H groups in total. The first-order valence-corrected chi connectivity index (χ1v) is 7.49. The van der Waals surface area contributed by atoms with Gasteiger partial charge in [0.2, 0.25) is 0 Å². The second-order valence-electron chi connectivity index (χ2n) is 5.49. The molecule has 102 valence electrons. The summed E-state index contributed by atoms with van der Waals surface area (Å²) in [6, 6.07) is 7.05. The maximum Gasteiger partial charge on any atom is 0.186 e. The molecular weight excluding hydrogens is 256 g/mol. The third kappa shape index (κ3) is 2.28. The van der Waals surface area contributed by atoms with Gasteiger partial charge < -0.3 is 10.6 Å². The van der Waals surface area contributed by atoms with Gasteiger partial charge in [0, 0.05) is 30.9 Å². The largest absolute Gasteiger partial charge is 0.399 e. The van der Waals surface area contributed by atoms with Gasteiger partial charge in [0.15, 0.2) is 5.13 Å². The fourth-order valence-electron chi connectivity index (χ4n) is 2.62. The molecule has 1 aromatic carbocycles. The van der Waals surface area contributed by atoms with Crippen molar-refractivity contribution in [1.82, 2.24) is 9.88 Å². The fraction of sp³-hybridized carbons (Fsp3) is 0.500. The SMILES string of the molecule is CC1CN(c2nc3ccc(N)cc3s2)CC(C)N1C. The van der Waals surface area contributed by atoms with Gasteiger partial charge in [0.05, 0.1) is 10.2 Å². The molecule has 3 rings (SSSR count). The van der Waals surface area contributed by atoms with E-state index < -0.39 is 0 Å². The normalized spacial score (nSPS) is 25.1. The van der Waals surface area contributed by atoms with E-state index in [0.717, 1.165) is 29.4 Å². The molecule has 0 radical (unpaired) electrons. The van der Waals surface area contributed by atoms with Crippen molar-refractivity contribution in [3.05, 3.63) is 18.2 Å². The zero-order valence-electron chi connectivity index (χ0n) is 11.6. The Balaban J connectivity index is 1.92. The van der Waals surface area contributed by atoms with Crippen molar-refractivity contribution in [2.24, 2.45) is 0 Å². The highest BCUT2D eigenvalue weighted by molar-refractivity contribution is 7.22. The highest BCUT2D eigenvalue weighted by Gasteiger charge is 2.28. The van der Waals surface area contributed by atoms with Crippen LogP contribution >= 0.6 is 11.3 Å². The molecule has 0 bridgehead atoms. The van der Waals surface area contributed by atoms with E-state index in [4.69, 9.17) is 10.7 Å². The number of piperazine rings is 1. The number of thiazole rings is 1. The molecule has 2 atom stereocenters. The summed E-state index contributed by atoms with van der Waals surface area (Å²) >= 11 is 1.74. The Morgan fingerprint density at radius 3 is 2.63 bits per heavy atom. The molecule has 0 amide bonds. The molecule has 5 heteroatoms. The molecule has 4 nitrogen and oxygen atoms in total. The van der Waals surface area contributed by atoms with Crippen LogP contribution in [0.2, 0.25) is 0 Å². The predicted molar refractivity (Wildman–Crippen MR) is 82.9 cm³/mol. The number of fused-ring (bicyclic) bond motifs is 1. The third-order valence-corrected chi connectivity index (χ3v) is 5.11. The first-order chi connectivity index (χ1) is 9.04. The molecule has 2 heterocycles. The zero-order valence-corrected chi connectivity index (χ0v) is 12.4. The lowest BCUT2D eigenvalue weighted by Crippen LogP contribution is -2.55. The van der Waals surface area contributed by atoms with Gasteiger partial charge in [-0.2, -0.15) is 0 Å². The number of nitrogens with zero attached hydrogens (tertiary/aromatic N) is 3. The van der Waals surface area contributed by atoms with Crippen molar-refractivity contribution in [1.29, 1.82) is 0 Å². The fourth-order valence-corrected chi connectivity index (χ4v) is 3.66. The van der Waals surface area contributed by atoms with Gasteiger partial charge in [0.25, 0.3) is 0 Å². The predicted octanol–water partition coefficient (Wildman–Crippen LogP) is 2.41. The number of likely N-dealkylation sites (N-methyl/N-ethyl adjacent to an activating group) is 1. The highest BCUT2D eigenvalue weighted by Crippen LogP contribution is 2.31. The summed E-state index contributed by atoms with van der Waals surface area (Å²) in [4.78, 5) is 9.57. The smallest absolute Gasteiger partial charge is 0.186 e. The number of benzene rings is 1. The highest BCUT2D eigenvalue weighted by atomic mass is 32.1. The number of hydrogen-bond donors (Lipinski definition) is 1. The lowest BCUT2D eigenvalue weighted by atomic mass is 10.1. The Bertz CT molecular complexity index is 582. The van der Waals surface area contributed by atoms with E-state index in [1.165, 1.54) is 4.70 Å². The Hall–Kier alpha value is -1.33. The average molecular weight is 276 g/mol. The summed E-state index contributed by atoms with van der Waals surface area (Å²) in [5.41, 5.74) is 7.69. The van der Waals surface area contributed by atoms with E-state index in [1.807, 2.05) is 18.2 Å². The Morgan fingerprint density at radius 2 is 1.95 bits per heavy atom. The molecule has 0 aliphatic carbocycles. The molecular formula is C14H20N4S. The topological polar surface area (TPSA) is 45.4 Å². The quantitative estimate of drug-likeness (QED) is 0.813. The average Bonchev–Trinajstić information content (AvgIpc) is 2.78. The monoisotopic (exact) mass is 276 g/mol. The Kier molecular flexibility index (Phi) is 3.11. The number of nitrogen functional groups attached to an aromatic ring is 1. The van der Waals surface area contributed by atoms with E-state index in [-0.39, 0.29) is 0 Å². The van der Waals surface area contributed by atoms with Crippen LogP contribution < -0.4 is 10.6 Å². The zero-order chi connectivity index (χ0) is 13.6. The van der Waals surface area contributed by atoms with Crippen LogP contribution in [-0.4, -0.2) is 42.1 Å². The van der Waals surface area contributed by atoms with E-state index in [2.05, 4.69) is 30.7 Å². The second-order valence-corrected chi connectivity index (χ2v) is 6.50. The van der Waals surface area contributed by atoms with Crippen LogP contribution in [0, 0.1) is 0 Å². The van der Waals surface area contributed by atoms with Crippen LogP contribution in [0.4, 0.5) is 10.8 Å². The molecule has 2 aromatic rings. The molecule has 2 unspecified atom stereocenters. The van der Waals surface area contributed by atoms with Crippen LogP contribution in [0.25, 0.3) is 10.2 Å². The maximum atomic E-state index is 5.83. The van der Waals surface area contributed by atoms with E-state index in [9.17, 15) is 0 Å². The molecule has 0 saturated carbocycles. The summed E-state index contributed by atoms with van der Waals surface area (Å²) in [6.45, 7) is 6.62. The summed E-state index contributed by atoms with van der Waals surface area (Å²) < 4.78 is 1.18. The molecule has 19 heavy (non-hydrogen) atoms. The van der Waals surface area contributed by atoms with Gasteiger partial charge in [-0.05, 0) is 39.1 Å². The minimum Gasteiger partial charge on any atom is -0.399 e. The molecule has 1 aliphatic rings. The van der Waals surface area contributed by atoms with Crippen LogP contribution in [0.3, 0.4) is 0 Å². The van der Waals surface area contributed by atoms with Crippen LogP contribution in [0.15, 0.2) is 18.2 Å². The summed E-state index contributed by atoms with van der Waals surface area (Å²) in [5.74, 6) is 0. The number of anilines is 2. The van der Waals surface area contributed by atoms with Crippen LogP contribution in [-0.2, 0) is 0 Å². The van der Waals surface area contributed by atoms with E-state index in [0.29, 0.717) is 12.1 Å². The summed E-state index contributed by atoms with van der Waals surface area (Å²) in [5, 5.41) is 1.12. The molecule has 1 saturated heterocycles. The van der Waals surface area contributed by atoms with Gasteiger partial charge in [-0.25, -0.2) is 4.98 Å². The van der Waals surface area contributed by atoms with Gasteiger partial charge in [-0.15, -0.1) is 0 Å². The minimum absolute atomic E-state index is 0.556. The van der Waals surface area contributed by atoms with Crippen molar-refractivity contribution >= 4 is 32.4 Å². The maximum absolute atomic E-state index is 5.83. The summed E-state index contributed by atoms with van der Waals surface area (Å²) in [6.07, 6.45) is 0. The first kappa shape index (κ1) is 12.7. The van der Waals surface area contributed by atoms with Crippen molar-refractivity contribution in [2.45, 2.75) is 25.9 Å². The lowest BCUT2D eigenvalue weighted by molar-refractivity contribution is 0.170. The van der Waals surface area contributed by atoms with Crippen molar-refractivity contribution in [3.8, 4) is 0 Å². The third-order valence-electron chi connectivity index (χ3n) is 4.03. The van der Waals surface area contributed by atoms with Crippen molar-refractivity contribution in [3.63, 3.8) is 0 Å². The van der Waals surface area contributed by atoms with Gasteiger partial charge >= 0.3 is 0 Å². The standard InChI is InChI=1S/C14H20N4S/c1-9-7-18(8-10(2)17(9)3)14-16-12-5-4-11(15)6-13(12)19-14/h4-6,9-10H,7-8,15H2,1-3H3. The number of aromatic nitrogens is 1. The Labute approximate surface area is 117 Å². The van der Waals surface area contributed by atoms with Crippen molar-refractivity contribution in [2.75, 3.05) is 30.8 Å². The van der Waals surface area contributed by atoms with Gasteiger partial charge in [-0.3, -0.25) is 4.90 Å². The molecule has 0 spiro atoms. The number of rotatable bonds is 1. The molecule has 1 aliphatic heterocycles. The van der Waals surface area contributed by atoms with E-state index >= 15 is 0 Å². The van der Waals surface area contributed by atoms with Crippen molar-refractivity contribution < 1.29 is 0 Å². The minimum atomic E-state index is 0.556. The lowest BCUT2D eigenvalue weighted by Gasteiger charge is -2.42. The van der Waals surface area contributed by atoms with Gasteiger partial charge in [-0.1, -0.05) is 11.3 Å². The van der Waals surface area contributed by atoms with Gasteiger partial charge in [0.1, 0.15) is 0 Å². The second kappa shape index (κ2) is 4.65.